The van der Waals surface area contributed by atoms with Crippen molar-refractivity contribution in [3.63, 3.8) is 0 Å². The van der Waals surface area contributed by atoms with Gasteiger partial charge in [0.25, 0.3) is 0 Å². The molecule has 124 valence electrons. The van der Waals surface area contributed by atoms with Crippen LogP contribution in [0.5, 0.6) is 0 Å². The summed E-state index contributed by atoms with van der Waals surface area (Å²) in [5.74, 6) is 1.53. The van der Waals surface area contributed by atoms with Gasteiger partial charge in [0.15, 0.2) is 0 Å². The summed E-state index contributed by atoms with van der Waals surface area (Å²) < 4.78 is 10.8. The van der Waals surface area contributed by atoms with Gasteiger partial charge in [0, 0.05) is 12.1 Å². The van der Waals surface area contributed by atoms with E-state index in [4.69, 9.17) is 9.15 Å². The van der Waals surface area contributed by atoms with Crippen LogP contribution >= 0.6 is 0 Å². The lowest BCUT2D eigenvalue weighted by Crippen LogP contribution is -2.39. The number of nitrogens with one attached hydrogen (secondary N) is 2. The molecule has 1 saturated carbocycles. The monoisotopic (exact) mass is 309 g/mol. The van der Waals surface area contributed by atoms with Gasteiger partial charge in [-0.3, -0.25) is 0 Å². The Labute approximate surface area is 132 Å². The van der Waals surface area contributed by atoms with E-state index >= 15 is 0 Å². The average molecular weight is 309 g/mol. The third-order valence-electron chi connectivity index (χ3n) is 3.65. The van der Waals surface area contributed by atoms with E-state index in [0.717, 1.165) is 25.0 Å². The van der Waals surface area contributed by atoms with Crippen molar-refractivity contribution in [3.8, 4) is 0 Å². The van der Waals surface area contributed by atoms with E-state index in [1.807, 2.05) is 34.6 Å². The topological polar surface area (TPSA) is 76.4 Å². The molecule has 0 saturated heterocycles. The summed E-state index contributed by atoms with van der Waals surface area (Å²) >= 11 is 0. The smallest absolute Gasteiger partial charge is 0.407 e. The highest BCUT2D eigenvalue weighted by atomic mass is 16.6. The van der Waals surface area contributed by atoms with E-state index in [2.05, 4.69) is 15.6 Å². The second-order valence-corrected chi connectivity index (χ2v) is 7.05. The Hall–Kier alpha value is -1.56. The maximum atomic E-state index is 11.8. The van der Waals surface area contributed by atoms with Gasteiger partial charge in [-0.2, -0.15) is 0 Å². The number of carbonyl (C=O) groups excluding carboxylic acids is 1. The van der Waals surface area contributed by atoms with Crippen LogP contribution in [0.4, 0.5) is 4.79 Å². The zero-order valence-electron chi connectivity index (χ0n) is 14.1. The lowest BCUT2D eigenvalue weighted by Gasteiger charge is -2.22. The van der Waals surface area contributed by atoms with Crippen LogP contribution < -0.4 is 10.6 Å². The van der Waals surface area contributed by atoms with Crippen molar-refractivity contribution >= 4 is 6.09 Å². The molecule has 1 aliphatic rings. The highest BCUT2D eigenvalue weighted by Crippen LogP contribution is 2.23. The summed E-state index contributed by atoms with van der Waals surface area (Å²) in [6, 6.07) is 0.576. The first-order valence-corrected chi connectivity index (χ1v) is 7.91. The Morgan fingerprint density at radius 2 is 2.09 bits per heavy atom. The van der Waals surface area contributed by atoms with E-state index in [1.165, 1.54) is 0 Å². The van der Waals surface area contributed by atoms with Gasteiger partial charge in [-0.1, -0.05) is 0 Å². The van der Waals surface area contributed by atoms with E-state index in [-0.39, 0.29) is 18.2 Å². The molecule has 1 amide bonds. The van der Waals surface area contributed by atoms with Crippen LogP contribution in [-0.2, 0) is 4.74 Å². The number of aryl methyl sites for hydroxylation is 1. The van der Waals surface area contributed by atoms with Gasteiger partial charge in [-0.15, -0.1) is 0 Å². The molecule has 0 bridgehead atoms. The summed E-state index contributed by atoms with van der Waals surface area (Å²) in [4.78, 5) is 16.0. The Kier molecular flexibility index (Phi) is 5.11. The molecule has 6 heteroatoms. The molecule has 1 fully saturated rings. The molecule has 22 heavy (non-hydrogen) atoms. The van der Waals surface area contributed by atoms with Gasteiger partial charge in [-0.25, -0.2) is 9.78 Å². The number of rotatable bonds is 4. The highest BCUT2D eigenvalue weighted by molar-refractivity contribution is 5.68. The van der Waals surface area contributed by atoms with Crippen molar-refractivity contribution in [2.24, 2.45) is 0 Å². The number of hydrogen-bond donors (Lipinski definition) is 2. The first-order valence-electron chi connectivity index (χ1n) is 7.91. The molecule has 6 nitrogen and oxygen atoms in total. The minimum absolute atomic E-state index is 0.0685. The number of alkyl carbamates (subject to hydrolysis) is 1. The first-order chi connectivity index (χ1) is 10.2. The lowest BCUT2D eigenvalue weighted by molar-refractivity contribution is 0.0505. The van der Waals surface area contributed by atoms with Crippen molar-refractivity contribution < 1.29 is 13.9 Å². The molecule has 1 aliphatic carbocycles. The van der Waals surface area contributed by atoms with Crippen molar-refractivity contribution in [3.05, 3.63) is 17.8 Å². The molecular formula is C16H27N3O3. The molecule has 2 N–H and O–H groups in total. The quantitative estimate of drug-likeness (QED) is 0.894. The van der Waals surface area contributed by atoms with Crippen LogP contribution in [0.25, 0.3) is 0 Å². The van der Waals surface area contributed by atoms with Crippen LogP contribution in [0.15, 0.2) is 10.6 Å². The van der Waals surface area contributed by atoms with Crippen LogP contribution in [0, 0.1) is 6.92 Å². The first kappa shape index (κ1) is 16.8. The van der Waals surface area contributed by atoms with E-state index < -0.39 is 5.60 Å². The Morgan fingerprint density at radius 1 is 1.41 bits per heavy atom. The molecule has 0 aromatic carbocycles. The third-order valence-corrected chi connectivity index (χ3v) is 3.65. The van der Waals surface area contributed by atoms with Crippen molar-refractivity contribution in [2.75, 3.05) is 0 Å². The van der Waals surface area contributed by atoms with Gasteiger partial charge in [-0.05, 0) is 53.9 Å². The van der Waals surface area contributed by atoms with Crippen molar-refractivity contribution in [1.82, 2.24) is 15.6 Å². The van der Waals surface area contributed by atoms with Gasteiger partial charge in [0.05, 0.1) is 12.2 Å². The van der Waals surface area contributed by atoms with Crippen LogP contribution in [-0.4, -0.2) is 28.8 Å². The van der Waals surface area contributed by atoms with E-state index in [9.17, 15) is 4.79 Å². The molecule has 1 aromatic heterocycles. The van der Waals surface area contributed by atoms with E-state index in [0.29, 0.717) is 11.9 Å². The molecule has 0 aliphatic heterocycles. The molecular weight excluding hydrogens is 282 g/mol. The maximum Gasteiger partial charge on any atom is 0.407 e. The molecule has 0 spiro atoms. The number of ether oxygens (including phenoxy) is 1. The average Bonchev–Trinajstić information content (AvgIpc) is 2.96. The summed E-state index contributed by atoms with van der Waals surface area (Å²) in [7, 11) is 0. The fourth-order valence-electron chi connectivity index (χ4n) is 2.74. The van der Waals surface area contributed by atoms with E-state index in [1.54, 1.807) is 6.20 Å². The SMILES string of the molecule is Cc1cnc(C(C)NC2CCC(NC(=O)OC(C)(C)C)C2)o1. The molecule has 1 aromatic rings. The summed E-state index contributed by atoms with van der Waals surface area (Å²) in [6.07, 6.45) is 4.26. The van der Waals surface area contributed by atoms with Crippen LogP contribution in [0.1, 0.15) is 64.7 Å². The second-order valence-electron chi connectivity index (χ2n) is 7.05. The lowest BCUT2D eigenvalue weighted by atomic mass is 10.2. The summed E-state index contributed by atoms with van der Waals surface area (Å²) in [6.45, 7) is 9.53. The number of aromatic nitrogens is 1. The van der Waals surface area contributed by atoms with Gasteiger partial charge in [0.1, 0.15) is 11.4 Å². The second kappa shape index (κ2) is 6.69. The van der Waals surface area contributed by atoms with Gasteiger partial charge >= 0.3 is 6.09 Å². The fraction of sp³-hybridized carbons (Fsp3) is 0.750. The summed E-state index contributed by atoms with van der Waals surface area (Å²) in [5, 5.41) is 6.45. The van der Waals surface area contributed by atoms with Crippen molar-refractivity contribution in [2.45, 2.75) is 77.6 Å². The van der Waals surface area contributed by atoms with Crippen LogP contribution in [0.2, 0.25) is 0 Å². The Balaban J connectivity index is 1.77. The van der Waals surface area contributed by atoms with Gasteiger partial charge in [0.2, 0.25) is 5.89 Å². The minimum atomic E-state index is -0.461. The summed E-state index contributed by atoms with van der Waals surface area (Å²) in [5.41, 5.74) is -0.461. The molecule has 0 radical (unpaired) electrons. The number of hydrogen-bond acceptors (Lipinski definition) is 5. The van der Waals surface area contributed by atoms with Crippen molar-refractivity contribution in [1.29, 1.82) is 0 Å². The number of carbonyl (C=O) groups is 1. The zero-order valence-corrected chi connectivity index (χ0v) is 14.1. The molecule has 3 atom stereocenters. The Morgan fingerprint density at radius 3 is 2.68 bits per heavy atom. The predicted molar refractivity (Wildman–Crippen MR) is 83.6 cm³/mol. The molecule has 3 unspecified atom stereocenters. The molecule has 2 rings (SSSR count). The number of oxazole rings is 1. The maximum absolute atomic E-state index is 11.8. The fourth-order valence-corrected chi connectivity index (χ4v) is 2.74. The zero-order chi connectivity index (χ0) is 16.3. The predicted octanol–water partition coefficient (Wildman–Crippen LogP) is 3.08. The largest absolute Gasteiger partial charge is 0.444 e. The normalized spacial score (nSPS) is 23.3. The minimum Gasteiger partial charge on any atom is -0.444 e. The number of amides is 1. The number of nitrogens with zero attached hydrogens (tertiary/aromatic N) is 1. The highest BCUT2D eigenvalue weighted by Gasteiger charge is 2.29. The van der Waals surface area contributed by atoms with Gasteiger partial charge < -0.3 is 19.8 Å². The third kappa shape index (κ3) is 5.02. The molecule has 1 heterocycles. The Bertz CT molecular complexity index is 507. The van der Waals surface area contributed by atoms with Crippen LogP contribution in [0.3, 0.4) is 0 Å². The standard InChI is InChI=1S/C16H27N3O3/c1-10-9-17-14(21-10)11(2)18-12-6-7-13(8-12)19-15(20)22-16(3,4)5/h9,11-13,18H,6-8H2,1-5H3,(H,19,20).